The lowest BCUT2D eigenvalue weighted by Gasteiger charge is -2.12. The van der Waals surface area contributed by atoms with E-state index in [4.69, 9.17) is 22.7 Å². The topological polar surface area (TPSA) is 60.2 Å². The van der Waals surface area contributed by atoms with Crippen molar-refractivity contribution in [1.82, 2.24) is 4.98 Å². The smallest absolute Gasteiger partial charge is 0.140 e. The predicted octanol–water partition coefficient (Wildman–Crippen LogP) is 2.78. The average molecular weight is 273 g/mol. The SMILES string of the molecule is COc1ccc(Nc2nccc(C)c2C(N)=S)cc1. The molecule has 0 radical (unpaired) electrons. The largest absolute Gasteiger partial charge is 0.497 e. The first kappa shape index (κ1) is 13.3. The molecule has 0 fully saturated rings. The summed E-state index contributed by atoms with van der Waals surface area (Å²) < 4.78 is 5.12. The van der Waals surface area contributed by atoms with Crippen molar-refractivity contribution in [2.45, 2.75) is 6.92 Å². The molecule has 98 valence electrons. The molecule has 1 aromatic heterocycles. The molecule has 0 saturated heterocycles. The van der Waals surface area contributed by atoms with Crippen LogP contribution in [0.1, 0.15) is 11.1 Å². The fraction of sp³-hybridized carbons (Fsp3) is 0.143. The van der Waals surface area contributed by atoms with Crippen LogP contribution in [0.3, 0.4) is 0 Å². The maximum atomic E-state index is 5.75. The molecular weight excluding hydrogens is 258 g/mol. The van der Waals surface area contributed by atoms with Gasteiger partial charge in [0.05, 0.1) is 12.7 Å². The van der Waals surface area contributed by atoms with Gasteiger partial charge in [0, 0.05) is 11.9 Å². The van der Waals surface area contributed by atoms with Gasteiger partial charge in [-0.05, 0) is 42.8 Å². The third kappa shape index (κ3) is 3.00. The molecule has 0 bridgehead atoms. The standard InChI is InChI=1S/C14H15N3OS/c1-9-7-8-16-14(12(9)13(15)19)17-10-3-5-11(18-2)6-4-10/h3-8H,1-2H3,(H2,15,19)(H,16,17). The van der Waals surface area contributed by atoms with Crippen molar-refractivity contribution >= 4 is 28.7 Å². The molecule has 19 heavy (non-hydrogen) atoms. The van der Waals surface area contributed by atoms with Gasteiger partial charge < -0.3 is 15.8 Å². The predicted molar refractivity (Wildman–Crippen MR) is 81.1 cm³/mol. The second kappa shape index (κ2) is 5.67. The molecule has 4 nitrogen and oxygen atoms in total. The van der Waals surface area contributed by atoms with Crippen LogP contribution in [0.2, 0.25) is 0 Å². The quantitative estimate of drug-likeness (QED) is 0.839. The van der Waals surface area contributed by atoms with Gasteiger partial charge in [-0.25, -0.2) is 4.98 Å². The Morgan fingerprint density at radius 1 is 1.26 bits per heavy atom. The molecule has 0 spiro atoms. The van der Waals surface area contributed by atoms with Crippen LogP contribution in [0.15, 0.2) is 36.5 Å². The number of nitrogens with one attached hydrogen (secondary N) is 1. The number of rotatable bonds is 4. The molecule has 0 aliphatic rings. The Kier molecular flexibility index (Phi) is 3.97. The van der Waals surface area contributed by atoms with E-state index in [-0.39, 0.29) is 0 Å². The number of nitrogens with two attached hydrogens (primary N) is 1. The molecule has 1 aromatic carbocycles. The Balaban J connectivity index is 2.32. The van der Waals surface area contributed by atoms with E-state index < -0.39 is 0 Å². The van der Waals surface area contributed by atoms with E-state index in [1.54, 1.807) is 13.3 Å². The first-order valence-corrected chi connectivity index (χ1v) is 6.19. The van der Waals surface area contributed by atoms with Crippen molar-refractivity contribution in [3.8, 4) is 5.75 Å². The number of anilines is 2. The summed E-state index contributed by atoms with van der Waals surface area (Å²) in [6, 6.07) is 9.45. The first-order chi connectivity index (χ1) is 9.11. The highest BCUT2D eigenvalue weighted by Crippen LogP contribution is 2.22. The van der Waals surface area contributed by atoms with Gasteiger partial charge >= 0.3 is 0 Å². The van der Waals surface area contributed by atoms with E-state index in [2.05, 4.69) is 10.3 Å². The summed E-state index contributed by atoms with van der Waals surface area (Å²) in [5, 5.41) is 3.21. The van der Waals surface area contributed by atoms with Crippen LogP contribution < -0.4 is 15.8 Å². The number of aryl methyl sites for hydroxylation is 1. The van der Waals surface area contributed by atoms with Crippen molar-refractivity contribution in [3.63, 3.8) is 0 Å². The average Bonchev–Trinajstić information content (AvgIpc) is 2.39. The van der Waals surface area contributed by atoms with Crippen molar-refractivity contribution in [2.75, 3.05) is 12.4 Å². The van der Waals surface area contributed by atoms with Gasteiger partial charge in [-0.2, -0.15) is 0 Å². The number of pyridine rings is 1. The summed E-state index contributed by atoms with van der Waals surface area (Å²) in [5.74, 6) is 1.47. The van der Waals surface area contributed by atoms with Crippen LogP contribution >= 0.6 is 12.2 Å². The molecule has 3 N–H and O–H groups in total. The fourth-order valence-electron chi connectivity index (χ4n) is 1.78. The lowest BCUT2D eigenvalue weighted by Crippen LogP contribution is -2.14. The van der Waals surface area contributed by atoms with Gasteiger partial charge in [-0.15, -0.1) is 0 Å². The molecule has 0 atom stereocenters. The summed E-state index contributed by atoms with van der Waals surface area (Å²) in [7, 11) is 1.63. The molecule has 0 aliphatic heterocycles. The number of benzene rings is 1. The van der Waals surface area contributed by atoms with Crippen molar-refractivity contribution in [2.24, 2.45) is 5.73 Å². The number of hydrogen-bond acceptors (Lipinski definition) is 4. The van der Waals surface area contributed by atoms with E-state index in [0.29, 0.717) is 10.8 Å². The summed E-state index contributed by atoms with van der Waals surface area (Å²) in [6.45, 7) is 1.95. The van der Waals surface area contributed by atoms with Gasteiger partial charge in [-0.1, -0.05) is 12.2 Å². The second-order valence-electron chi connectivity index (χ2n) is 4.07. The Hall–Kier alpha value is -2.14. The van der Waals surface area contributed by atoms with E-state index >= 15 is 0 Å². The third-order valence-corrected chi connectivity index (χ3v) is 2.96. The number of nitrogens with zero attached hydrogens (tertiary/aromatic N) is 1. The number of aromatic nitrogens is 1. The second-order valence-corrected chi connectivity index (χ2v) is 4.51. The zero-order chi connectivity index (χ0) is 13.8. The van der Waals surface area contributed by atoms with E-state index in [0.717, 1.165) is 22.6 Å². The van der Waals surface area contributed by atoms with Crippen LogP contribution in [0.25, 0.3) is 0 Å². The molecule has 0 saturated carbocycles. The Morgan fingerprint density at radius 3 is 2.53 bits per heavy atom. The number of thiocarbonyl (C=S) groups is 1. The number of methoxy groups -OCH3 is 1. The van der Waals surface area contributed by atoms with Gasteiger partial charge in [0.1, 0.15) is 16.6 Å². The van der Waals surface area contributed by atoms with E-state index in [1.807, 2.05) is 37.3 Å². The van der Waals surface area contributed by atoms with E-state index in [1.165, 1.54) is 0 Å². The van der Waals surface area contributed by atoms with Crippen LogP contribution in [0.5, 0.6) is 5.75 Å². The zero-order valence-corrected chi connectivity index (χ0v) is 11.6. The van der Waals surface area contributed by atoms with Gasteiger partial charge in [0.2, 0.25) is 0 Å². The van der Waals surface area contributed by atoms with Crippen LogP contribution in [-0.4, -0.2) is 17.1 Å². The maximum Gasteiger partial charge on any atom is 0.140 e. The third-order valence-electron chi connectivity index (χ3n) is 2.76. The van der Waals surface area contributed by atoms with Gasteiger partial charge in [0.25, 0.3) is 0 Å². The fourth-order valence-corrected chi connectivity index (χ4v) is 2.03. The lowest BCUT2D eigenvalue weighted by atomic mass is 10.1. The Labute approximate surface area is 117 Å². The highest BCUT2D eigenvalue weighted by Gasteiger charge is 2.09. The lowest BCUT2D eigenvalue weighted by molar-refractivity contribution is 0.415. The highest BCUT2D eigenvalue weighted by atomic mass is 32.1. The van der Waals surface area contributed by atoms with Crippen LogP contribution in [-0.2, 0) is 0 Å². The van der Waals surface area contributed by atoms with Crippen LogP contribution in [0, 0.1) is 6.92 Å². The van der Waals surface area contributed by atoms with Crippen molar-refractivity contribution < 1.29 is 4.74 Å². The Bertz CT molecular complexity index is 596. The summed E-state index contributed by atoms with van der Waals surface area (Å²) >= 11 is 5.07. The van der Waals surface area contributed by atoms with Crippen molar-refractivity contribution in [1.29, 1.82) is 0 Å². The molecular formula is C14H15N3OS. The minimum Gasteiger partial charge on any atom is -0.497 e. The Morgan fingerprint density at radius 2 is 1.95 bits per heavy atom. The number of ether oxygens (including phenoxy) is 1. The summed E-state index contributed by atoms with van der Waals surface area (Å²) in [5.41, 5.74) is 8.42. The van der Waals surface area contributed by atoms with Crippen LogP contribution in [0.4, 0.5) is 11.5 Å². The molecule has 0 unspecified atom stereocenters. The first-order valence-electron chi connectivity index (χ1n) is 5.78. The maximum absolute atomic E-state index is 5.75. The minimum atomic E-state index is 0.335. The van der Waals surface area contributed by atoms with Crippen molar-refractivity contribution in [3.05, 3.63) is 47.7 Å². The molecule has 2 rings (SSSR count). The highest BCUT2D eigenvalue weighted by molar-refractivity contribution is 7.80. The molecule has 2 aromatic rings. The monoisotopic (exact) mass is 273 g/mol. The number of hydrogen-bond donors (Lipinski definition) is 2. The van der Waals surface area contributed by atoms with Gasteiger partial charge in [0.15, 0.2) is 0 Å². The normalized spacial score (nSPS) is 10.0. The molecule has 1 heterocycles. The molecule has 5 heteroatoms. The molecule has 0 amide bonds. The van der Waals surface area contributed by atoms with E-state index in [9.17, 15) is 0 Å². The zero-order valence-electron chi connectivity index (χ0n) is 10.8. The van der Waals surface area contributed by atoms with Gasteiger partial charge in [-0.3, -0.25) is 0 Å². The minimum absolute atomic E-state index is 0.335. The summed E-state index contributed by atoms with van der Waals surface area (Å²) in [6.07, 6.45) is 1.73. The summed E-state index contributed by atoms with van der Waals surface area (Å²) in [4.78, 5) is 4.62. The molecule has 0 aliphatic carbocycles.